The van der Waals surface area contributed by atoms with Gasteiger partial charge in [-0.05, 0) is 23.9 Å². The first-order chi connectivity index (χ1) is 11.1. The van der Waals surface area contributed by atoms with Crippen LogP contribution in [0.15, 0.2) is 29.2 Å². The normalized spacial score (nSPS) is 15.7. The molecule has 1 heterocycles. The van der Waals surface area contributed by atoms with E-state index in [1.54, 1.807) is 24.3 Å². The van der Waals surface area contributed by atoms with Crippen LogP contribution in [0.25, 0.3) is 6.08 Å². The zero-order valence-corrected chi connectivity index (χ0v) is 13.0. The second-order valence-corrected chi connectivity index (χ2v) is 5.32. The molecule has 2 amide bonds. The summed E-state index contributed by atoms with van der Waals surface area (Å²) < 4.78 is 9.73. The van der Waals surface area contributed by atoms with Crippen LogP contribution in [0, 0.1) is 11.3 Å². The highest BCUT2D eigenvalue weighted by Gasteiger charge is 2.36. The molecule has 0 atom stereocenters. The standard InChI is InChI=1S/C15H12N2O5S/c1-21-13(18)9-17-14(19)12(23-15(17)20)8-10-4-2-3-5-11(10)22-7-6-16/h2-5,8H,7,9H2,1H3/b12-8-. The number of methoxy groups -OCH3 is 1. The lowest BCUT2D eigenvalue weighted by Crippen LogP contribution is -2.34. The van der Waals surface area contributed by atoms with Crippen LogP contribution in [-0.4, -0.2) is 42.3 Å². The van der Waals surface area contributed by atoms with Gasteiger partial charge in [0.05, 0.1) is 12.0 Å². The average Bonchev–Trinajstić information content (AvgIpc) is 2.81. The summed E-state index contributed by atoms with van der Waals surface area (Å²) >= 11 is 0.732. The monoisotopic (exact) mass is 332 g/mol. The van der Waals surface area contributed by atoms with Gasteiger partial charge in [0.2, 0.25) is 0 Å². The van der Waals surface area contributed by atoms with E-state index in [1.807, 2.05) is 6.07 Å². The number of thioether (sulfide) groups is 1. The van der Waals surface area contributed by atoms with Crippen molar-refractivity contribution in [3.63, 3.8) is 0 Å². The zero-order chi connectivity index (χ0) is 16.8. The molecule has 1 aliphatic rings. The molecular weight excluding hydrogens is 320 g/mol. The first-order valence-electron chi connectivity index (χ1n) is 6.47. The molecule has 8 heteroatoms. The van der Waals surface area contributed by atoms with Crippen LogP contribution < -0.4 is 4.74 Å². The van der Waals surface area contributed by atoms with E-state index in [-0.39, 0.29) is 11.5 Å². The molecule has 1 saturated heterocycles. The maximum atomic E-state index is 12.2. The quantitative estimate of drug-likeness (QED) is 0.599. The van der Waals surface area contributed by atoms with Gasteiger partial charge >= 0.3 is 5.97 Å². The summed E-state index contributed by atoms with van der Waals surface area (Å²) in [6.07, 6.45) is 1.49. The van der Waals surface area contributed by atoms with Gasteiger partial charge in [0.1, 0.15) is 18.4 Å². The molecule has 23 heavy (non-hydrogen) atoms. The fraction of sp³-hybridized carbons (Fsp3) is 0.200. The number of benzene rings is 1. The van der Waals surface area contributed by atoms with Crippen molar-refractivity contribution in [1.29, 1.82) is 5.26 Å². The molecule has 118 valence electrons. The van der Waals surface area contributed by atoms with E-state index in [0.29, 0.717) is 11.3 Å². The molecule has 0 unspecified atom stereocenters. The van der Waals surface area contributed by atoms with Crippen LogP contribution >= 0.6 is 11.8 Å². The number of para-hydroxylation sites is 1. The van der Waals surface area contributed by atoms with Gasteiger partial charge in [-0.1, -0.05) is 18.2 Å². The van der Waals surface area contributed by atoms with Crippen LogP contribution in [0.3, 0.4) is 0 Å². The van der Waals surface area contributed by atoms with E-state index < -0.39 is 23.7 Å². The van der Waals surface area contributed by atoms with E-state index in [0.717, 1.165) is 16.7 Å². The Hall–Kier alpha value is -2.79. The van der Waals surface area contributed by atoms with Crippen molar-refractivity contribution in [2.75, 3.05) is 20.3 Å². The van der Waals surface area contributed by atoms with E-state index in [1.165, 1.54) is 13.2 Å². The summed E-state index contributed by atoms with van der Waals surface area (Å²) in [4.78, 5) is 36.3. The minimum atomic E-state index is -0.675. The summed E-state index contributed by atoms with van der Waals surface area (Å²) in [6.45, 7) is -0.556. The number of nitriles is 1. The second-order valence-electron chi connectivity index (χ2n) is 4.33. The van der Waals surface area contributed by atoms with E-state index >= 15 is 0 Å². The molecule has 0 bridgehead atoms. The maximum absolute atomic E-state index is 12.2. The molecule has 7 nitrogen and oxygen atoms in total. The summed E-state index contributed by atoms with van der Waals surface area (Å²) in [7, 11) is 1.18. The average molecular weight is 332 g/mol. The Kier molecular flexibility index (Phi) is 5.38. The van der Waals surface area contributed by atoms with Gasteiger partial charge < -0.3 is 9.47 Å². The number of esters is 1. The number of rotatable bonds is 5. The molecule has 1 aromatic rings. The number of nitrogens with zero attached hydrogens (tertiary/aromatic N) is 2. The third-order valence-electron chi connectivity index (χ3n) is 2.89. The number of imide groups is 1. The van der Waals surface area contributed by atoms with E-state index in [9.17, 15) is 14.4 Å². The Labute approximate surface area is 136 Å². The number of carbonyl (C=O) groups is 3. The highest BCUT2D eigenvalue weighted by atomic mass is 32.2. The highest BCUT2D eigenvalue weighted by molar-refractivity contribution is 8.18. The summed E-state index contributed by atoms with van der Waals surface area (Å²) in [5.41, 5.74) is 0.561. The maximum Gasteiger partial charge on any atom is 0.325 e. The third kappa shape index (κ3) is 3.90. The molecule has 1 fully saturated rings. The lowest BCUT2D eigenvalue weighted by Gasteiger charge is -2.10. The van der Waals surface area contributed by atoms with Gasteiger partial charge in [0.15, 0.2) is 6.61 Å². The number of amides is 2. The van der Waals surface area contributed by atoms with E-state index in [2.05, 4.69) is 4.74 Å². The van der Waals surface area contributed by atoms with Crippen LogP contribution in [-0.2, 0) is 14.3 Å². The van der Waals surface area contributed by atoms with Gasteiger partial charge in [-0.3, -0.25) is 19.3 Å². The van der Waals surface area contributed by atoms with Gasteiger partial charge in [-0.2, -0.15) is 5.26 Å². The molecule has 1 aromatic carbocycles. The molecule has 2 rings (SSSR count). The summed E-state index contributed by atoms with van der Waals surface area (Å²) in [5, 5.41) is 8.04. The van der Waals surface area contributed by atoms with Crippen LogP contribution in [0.2, 0.25) is 0 Å². The summed E-state index contributed by atoms with van der Waals surface area (Å²) in [5.74, 6) is -0.819. The zero-order valence-electron chi connectivity index (χ0n) is 12.1. The van der Waals surface area contributed by atoms with Crippen molar-refractivity contribution >= 4 is 35.0 Å². The Bertz CT molecular complexity index is 723. The molecule has 0 saturated carbocycles. The number of ether oxygens (including phenoxy) is 2. The fourth-order valence-electron chi connectivity index (χ4n) is 1.81. The molecule has 0 aromatic heterocycles. The minimum Gasteiger partial charge on any atom is -0.478 e. The number of carbonyl (C=O) groups excluding carboxylic acids is 3. The third-order valence-corrected chi connectivity index (χ3v) is 3.79. The van der Waals surface area contributed by atoms with Crippen molar-refractivity contribution in [3.8, 4) is 11.8 Å². The van der Waals surface area contributed by atoms with Crippen LogP contribution in [0.5, 0.6) is 5.75 Å². The predicted molar refractivity (Wildman–Crippen MR) is 82.2 cm³/mol. The largest absolute Gasteiger partial charge is 0.478 e. The summed E-state index contributed by atoms with van der Waals surface area (Å²) in [6, 6.07) is 8.68. The van der Waals surface area contributed by atoms with Crippen molar-refractivity contribution < 1.29 is 23.9 Å². The molecule has 0 N–H and O–H groups in total. The number of hydrogen-bond donors (Lipinski definition) is 0. The first kappa shape index (κ1) is 16.6. The molecule has 1 aliphatic heterocycles. The lowest BCUT2D eigenvalue weighted by molar-refractivity contribution is -0.143. The van der Waals surface area contributed by atoms with Gasteiger partial charge in [-0.25, -0.2) is 0 Å². The van der Waals surface area contributed by atoms with Gasteiger partial charge in [-0.15, -0.1) is 0 Å². The molecule has 0 aliphatic carbocycles. The lowest BCUT2D eigenvalue weighted by atomic mass is 10.2. The van der Waals surface area contributed by atoms with Gasteiger partial charge in [0, 0.05) is 5.56 Å². The minimum absolute atomic E-state index is 0.130. The Morgan fingerprint density at radius 2 is 2.13 bits per heavy atom. The fourth-order valence-corrected chi connectivity index (χ4v) is 2.64. The molecule has 0 spiro atoms. The first-order valence-corrected chi connectivity index (χ1v) is 7.29. The van der Waals surface area contributed by atoms with Gasteiger partial charge in [0.25, 0.3) is 11.1 Å². The van der Waals surface area contributed by atoms with Crippen LogP contribution in [0.4, 0.5) is 4.79 Å². The van der Waals surface area contributed by atoms with E-state index in [4.69, 9.17) is 10.00 Å². The molecular formula is C15H12N2O5S. The Morgan fingerprint density at radius 1 is 1.39 bits per heavy atom. The van der Waals surface area contributed by atoms with Crippen molar-refractivity contribution in [2.45, 2.75) is 0 Å². The Balaban J connectivity index is 2.24. The Morgan fingerprint density at radius 3 is 2.83 bits per heavy atom. The van der Waals surface area contributed by atoms with Crippen molar-refractivity contribution in [1.82, 2.24) is 4.90 Å². The van der Waals surface area contributed by atoms with Crippen molar-refractivity contribution in [2.24, 2.45) is 0 Å². The van der Waals surface area contributed by atoms with Crippen LogP contribution in [0.1, 0.15) is 5.56 Å². The predicted octanol–water partition coefficient (Wildman–Crippen LogP) is 1.80. The topological polar surface area (TPSA) is 96.7 Å². The number of hydrogen-bond acceptors (Lipinski definition) is 7. The van der Waals surface area contributed by atoms with Crippen molar-refractivity contribution in [3.05, 3.63) is 34.7 Å². The molecule has 0 radical (unpaired) electrons. The smallest absolute Gasteiger partial charge is 0.325 e. The SMILES string of the molecule is COC(=O)CN1C(=O)S/C(=C\c2ccccc2OCC#N)C1=O. The second kappa shape index (κ2) is 7.47. The highest BCUT2D eigenvalue weighted by Crippen LogP contribution is 2.33.